The van der Waals surface area contributed by atoms with Gasteiger partial charge in [0.25, 0.3) is 11.8 Å². The number of aryl methyl sites for hydroxylation is 1. The minimum atomic E-state index is -1.35. The number of pyridine rings is 1. The van der Waals surface area contributed by atoms with E-state index in [-0.39, 0.29) is 11.3 Å². The maximum absolute atomic E-state index is 14.9. The Kier molecular flexibility index (Phi) is 6.18. The number of hydrogen-bond donors (Lipinski definition) is 3. The molecule has 4 heterocycles. The molecule has 1 fully saturated rings. The number of amides is 2. The fourth-order valence-corrected chi connectivity index (χ4v) is 5.01. The monoisotopic (exact) mass is 551 g/mol. The van der Waals surface area contributed by atoms with Gasteiger partial charge in [-0.3, -0.25) is 9.59 Å². The molecular formula is C30H26FN7O3. The molecule has 1 atom stereocenters. The smallest absolute Gasteiger partial charge is 0.269 e. The number of carbonyl (C=O) groups excluding carboxylic acids is 2. The first kappa shape index (κ1) is 24.9. The van der Waals surface area contributed by atoms with Gasteiger partial charge >= 0.3 is 0 Å². The minimum Gasteiger partial charge on any atom is -0.477 e. The summed E-state index contributed by atoms with van der Waals surface area (Å²) >= 11 is 0. The number of anilines is 2. The molecule has 1 unspecified atom stereocenters. The number of benzodiazepines with no additional fused rings is 1. The second-order valence-electron chi connectivity index (χ2n) is 10.2. The van der Waals surface area contributed by atoms with Gasteiger partial charge in [-0.1, -0.05) is 42.5 Å². The molecule has 3 aliphatic rings. The van der Waals surface area contributed by atoms with Crippen molar-refractivity contribution < 1.29 is 18.7 Å². The van der Waals surface area contributed by atoms with Crippen LogP contribution in [0.25, 0.3) is 11.3 Å². The van der Waals surface area contributed by atoms with E-state index in [9.17, 15) is 14.0 Å². The van der Waals surface area contributed by atoms with E-state index >= 15 is 0 Å². The van der Waals surface area contributed by atoms with E-state index < -0.39 is 23.8 Å². The Bertz CT molecular complexity index is 1680. The molecular weight excluding hydrogens is 525 g/mol. The molecule has 2 amide bonds. The molecule has 0 spiro atoms. The van der Waals surface area contributed by atoms with Crippen molar-refractivity contribution in [3.8, 4) is 17.1 Å². The lowest BCUT2D eigenvalue weighted by Crippen LogP contribution is -2.42. The largest absolute Gasteiger partial charge is 0.477 e. The number of nitrogens with one attached hydrogen (secondary N) is 3. The Morgan fingerprint density at radius 1 is 1.05 bits per heavy atom. The number of hydrogen-bond acceptors (Lipinski definition) is 7. The van der Waals surface area contributed by atoms with E-state index in [0.29, 0.717) is 53.2 Å². The van der Waals surface area contributed by atoms with Gasteiger partial charge in [0.2, 0.25) is 12.0 Å². The average Bonchev–Trinajstić information content (AvgIpc) is 3.75. The Morgan fingerprint density at radius 3 is 2.68 bits per heavy atom. The molecule has 2 aliphatic heterocycles. The molecule has 3 N–H and O–H groups in total. The van der Waals surface area contributed by atoms with E-state index in [1.165, 1.54) is 6.07 Å². The van der Waals surface area contributed by atoms with Crippen molar-refractivity contribution in [1.82, 2.24) is 20.1 Å². The lowest BCUT2D eigenvalue weighted by Gasteiger charge is -2.17. The van der Waals surface area contributed by atoms with Gasteiger partial charge in [-0.05, 0) is 31.0 Å². The van der Waals surface area contributed by atoms with Gasteiger partial charge in [0, 0.05) is 41.9 Å². The lowest BCUT2D eigenvalue weighted by atomic mass is 10.0. The van der Waals surface area contributed by atoms with E-state index in [1.54, 1.807) is 23.0 Å². The second-order valence-corrected chi connectivity index (χ2v) is 10.2. The lowest BCUT2D eigenvalue weighted by molar-refractivity contribution is -0.117. The number of fused-ring (bicyclic) bond motifs is 2. The summed E-state index contributed by atoms with van der Waals surface area (Å²) in [5.74, 6) is -0.783. The Balaban J connectivity index is 1.26. The molecule has 41 heavy (non-hydrogen) atoms. The summed E-state index contributed by atoms with van der Waals surface area (Å²) in [5.41, 5.74) is 2.68. The van der Waals surface area contributed by atoms with Crippen molar-refractivity contribution in [1.29, 1.82) is 0 Å². The fraction of sp³-hybridized carbons (Fsp3) is 0.233. The minimum absolute atomic E-state index is 0.00904. The number of aliphatic imine (C=N–C) groups is 1. The first-order valence-corrected chi connectivity index (χ1v) is 13.6. The zero-order valence-corrected chi connectivity index (χ0v) is 21.9. The molecule has 0 radical (unpaired) electrons. The summed E-state index contributed by atoms with van der Waals surface area (Å²) in [6.45, 7) is 1.02. The van der Waals surface area contributed by atoms with Gasteiger partial charge in [-0.15, -0.1) is 0 Å². The maximum atomic E-state index is 14.9. The first-order chi connectivity index (χ1) is 20.0. The van der Waals surface area contributed by atoms with Crippen LogP contribution in [-0.4, -0.2) is 51.1 Å². The van der Waals surface area contributed by atoms with Gasteiger partial charge in [-0.2, -0.15) is 5.10 Å². The predicted molar refractivity (Wildman–Crippen MR) is 151 cm³/mol. The van der Waals surface area contributed by atoms with Crippen LogP contribution in [0.3, 0.4) is 0 Å². The summed E-state index contributed by atoms with van der Waals surface area (Å²) in [5, 5.41) is 13.4. The van der Waals surface area contributed by atoms with Crippen molar-refractivity contribution in [3.63, 3.8) is 0 Å². The number of para-hydroxylation sites is 1. The zero-order valence-electron chi connectivity index (χ0n) is 21.9. The van der Waals surface area contributed by atoms with Crippen LogP contribution in [0.5, 0.6) is 5.88 Å². The van der Waals surface area contributed by atoms with Crippen LogP contribution in [-0.2, 0) is 11.3 Å². The summed E-state index contributed by atoms with van der Waals surface area (Å²) in [4.78, 5) is 36.4. The van der Waals surface area contributed by atoms with Gasteiger partial charge in [0.15, 0.2) is 0 Å². The fourth-order valence-electron chi connectivity index (χ4n) is 5.01. The predicted octanol–water partition coefficient (Wildman–Crippen LogP) is 3.99. The third kappa shape index (κ3) is 4.79. The molecule has 2 aromatic heterocycles. The van der Waals surface area contributed by atoms with Gasteiger partial charge in [-0.25, -0.2) is 19.0 Å². The molecule has 7 rings (SSSR count). The third-order valence-corrected chi connectivity index (χ3v) is 7.19. The van der Waals surface area contributed by atoms with Gasteiger partial charge < -0.3 is 20.7 Å². The molecule has 1 aliphatic carbocycles. The number of ether oxygens (including phenoxy) is 1. The van der Waals surface area contributed by atoms with Crippen molar-refractivity contribution in [2.24, 2.45) is 4.99 Å². The Hall–Kier alpha value is -5.06. The molecule has 4 aromatic rings. The van der Waals surface area contributed by atoms with E-state index in [0.717, 1.165) is 25.1 Å². The van der Waals surface area contributed by atoms with Crippen LogP contribution in [0, 0.1) is 5.82 Å². The van der Waals surface area contributed by atoms with Crippen LogP contribution >= 0.6 is 0 Å². The summed E-state index contributed by atoms with van der Waals surface area (Å²) in [6.07, 6.45) is 3.32. The first-order valence-electron chi connectivity index (χ1n) is 13.6. The SMILES string of the molecule is O=C(NC1N=C(c2ccccc2)c2cccc(F)c2NC1=O)c1c(-c2ccc(NC3CC3)nc2)nn2c1OCCC2. The van der Waals surface area contributed by atoms with Gasteiger partial charge in [0.1, 0.15) is 22.9 Å². The number of benzene rings is 2. The zero-order chi connectivity index (χ0) is 27.9. The van der Waals surface area contributed by atoms with Crippen LogP contribution in [0.2, 0.25) is 0 Å². The third-order valence-electron chi connectivity index (χ3n) is 7.19. The highest BCUT2D eigenvalue weighted by molar-refractivity contribution is 6.20. The van der Waals surface area contributed by atoms with Crippen molar-refractivity contribution in [3.05, 3.63) is 89.4 Å². The molecule has 0 bridgehead atoms. The van der Waals surface area contributed by atoms with E-state index in [4.69, 9.17) is 4.74 Å². The van der Waals surface area contributed by atoms with Crippen molar-refractivity contribution in [2.75, 3.05) is 17.2 Å². The molecule has 0 saturated heterocycles. The van der Waals surface area contributed by atoms with Crippen LogP contribution in [0.1, 0.15) is 40.7 Å². The molecule has 206 valence electrons. The molecule has 1 saturated carbocycles. The molecule has 11 heteroatoms. The van der Waals surface area contributed by atoms with E-state index in [2.05, 4.69) is 31.0 Å². The normalized spacial score (nSPS) is 17.7. The van der Waals surface area contributed by atoms with Crippen LogP contribution in [0.4, 0.5) is 15.9 Å². The number of aromatic nitrogens is 3. The number of rotatable bonds is 6. The summed E-state index contributed by atoms with van der Waals surface area (Å²) in [6, 6.07) is 17.8. The highest BCUT2D eigenvalue weighted by atomic mass is 19.1. The second kappa shape index (κ2) is 10.2. The topological polar surface area (TPSA) is 123 Å². The highest BCUT2D eigenvalue weighted by Crippen LogP contribution is 2.34. The van der Waals surface area contributed by atoms with Gasteiger partial charge in [0.05, 0.1) is 18.0 Å². The van der Waals surface area contributed by atoms with Crippen LogP contribution < -0.4 is 20.7 Å². The van der Waals surface area contributed by atoms with Crippen molar-refractivity contribution >= 4 is 29.0 Å². The summed E-state index contributed by atoms with van der Waals surface area (Å²) < 4.78 is 22.4. The van der Waals surface area contributed by atoms with Crippen molar-refractivity contribution in [2.45, 2.75) is 38.0 Å². The van der Waals surface area contributed by atoms with E-state index in [1.807, 2.05) is 42.5 Å². The highest BCUT2D eigenvalue weighted by Gasteiger charge is 2.33. The molecule has 10 nitrogen and oxygen atoms in total. The quantitative estimate of drug-likeness (QED) is 0.333. The number of carbonyl (C=O) groups is 2. The standard InChI is InChI=1S/C30H26FN7O3/c31-21-9-4-8-20-24(17-6-2-1-3-7-17)34-27(29(40)35-26(20)21)36-28(39)23-25(37-38-14-5-15-41-30(23)38)18-10-13-22(32-16-18)33-19-11-12-19/h1-4,6-10,13,16,19,27H,5,11-12,14-15H2,(H,32,33)(H,35,40)(H,36,39). The maximum Gasteiger partial charge on any atom is 0.269 e. The Labute approximate surface area is 234 Å². The average molecular weight is 552 g/mol. The Morgan fingerprint density at radius 2 is 1.90 bits per heavy atom. The summed E-state index contributed by atoms with van der Waals surface area (Å²) in [7, 11) is 0. The number of halogens is 1. The molecule has 2 aromatic carbocycles. The number of nitrogens with zero attached hydrogens (tertiary/aromatic N) is 4. The van der Waals surface area contributed by atoms with Crippen LogP contribution in [0.15, 0.2) is 71.9 Å².